The second-order valence-corrected chi connectivity index (χ2v) is 5.31. The molecule has 2 N–H and O–H groups in total. The molecular weight excluding hydrogens is 271 g/mol. The quantitative estimate of drug-likeness (QED) is 0.787. The summed E-state index contributed by atoms with van der Waals surface area (Å²) in [4.78, 5) is 4.57. The summed E-state index contributed by atoms with van der Waals surface area (Å²) in [5.74, 6) is -0.246. The number of hydrogen-bond donors (Lipinski definition) is 1. The van der Waals surface area contributed by atoms with Crippen molar-refractivity contribution in [2.24, 2.45) is 5.73 Å². The highest BCUT2D eigenvalue weighted by Gasteiger charge is 2.07. The fourth-order valence-electron chi connectivity index (χ4n) is 1.97. The Morgan fingerprint density at radius 2 is 1.85 bits per heavy atom. The van der Waals surface area contributed by atoms with Gasteiger partial charge in [-0.2, -0.15) is 0 Å². The van der Waals surface area contributed by atoms with E-state index in [1.165, 1.54) is 12.1 Å². The van der Waals surface area contributed by atoms with Crippen molar-refractivity contribution < 1.29 is 4.39 Å². The molecule has 20 heavy (non-hydrogen) atoms. The normalized spacial score (nSPS) is 10.7. The summed E-state index contributed by atoms with van der Waals surface area (Å²) >= 11 is 1.55. The number of halogens is 1. The summed E-state index contributed by atoms with van der Waals surface area (Å²) in [6, 6.07) is 14.5. The summed E-state index contributed by atoms with van der Waals surface area (Å²) in [7, 11) is 0. The maximum absolute atomic E-state index is 13.2. The molecule has 2 aromatic carbocycles. The van der Waals surface area contributed by atoms with Crippen LogP contribution in [0.3, 0.4) is 0 Å². The summed E-state index contributed by atoms with van der Waals surface area (Å²) in [6.07, 6.45) is 0. The van der Waals surface area contributed by atoms with E-state index in [9.17, 15) is 4.39 Å². The van der Waals surface area contributed by atoms with Gasteiger partial charge in [0.25, 0.3) is 0 Å². The van der Waals surface area contributed by atoms with E-state index in [0.717, 1.165) is 27.4 Å². The minimum atomic E-state index is -0.246. The molecule has 100 valence electrons. The number of nitrogens with zero attached hydrogens (tertiary/aromatic N) is 1. The predicted octanol–water partition coefficient (Wildman–Crippen LogP) is 4.07. The molecule has 1 heterocycles. The van der Waals surface area contributed by atoms with E-state index in [2.05, 4.69) is 4.98 Å². The molecule has 1 aromatic heterocycles. The van der Waals surface area contributed by atoms with Crippen LogP contribution in [0.1, 0.15) is 5.56 Å². The Balaban J connectivity index is 1.93. The summed E-state index contributed by atoms with van der Waals surface area (Å²) < 4.78 is 13.2. The highest BCUT2D eigenvalue weighted by molar-refractivity contribution is 7.13. The third kappa shape index (κ3) is 2.61. The van der Waals surface area contributed by atoms with Gasteiger partial charge in [0.2, 0.25) is 0 Å². The van der Waals surface area contributed by atoms with Crippen molar-refractivity contribution in [1.29, 1.82) is 0 Å². The zero-order valence-electron chi connectivity index (χ0n) is 10.7. The van der Waals surface area contributed by atoms with E-state index in [-0.39, 0.29) is 5.82 Å². The average molecular weight is 284 g/mol. The van der Waals surface area contributed by atoms with Gasteiger partial charge in [0.1, 0.15) is 10.8 Å². The fraction of sp³-hybridized carbons (Fsp3) is 0.0625. The molecule has 0 atom stereocenters. The predicted molar refractivity (Wildman–Crippen MR) is 80.8 cm³/mol. The Morgan fingerprint density at radius 1 is 1.05 bits per heavy atom. The zero-order chi connectivity index (χ0) is 13.9. The first-order valence-electron chi connectivity index (χ1n) is 6.27. The van der Waals surface area contributed by atoms with Crippen LogP contribution in [0.2, 0.25) is 0 Å². The van der Waals surface area contributed by atoms with Crippen LogP contribution in [0, 0.1) is 5.82 Å². The van der Waals surface area contributed by atoms with Crippen molar-refractivity contribution in [2.75, 3.05) is 0 Å². The van der Waals surface area contributed by atoms with E-state index >= 15 is 0 Å². The SMILES string of the molecule is NCc1ccc(-c2nc(-c3cccc(F)c3)cs2)cc1. The van der Waals surface area contributed by atoms with Crippen LogP contribution in [0.5, 0.6) is 0 Å². The van der Waals surface area contributed by atoms with E-state index in [4.69, 9.17) is 5.73 Å². The largest absolute Gasteiger partial charge is 0.326 e. The Hall–Kier alpha value is -2.04. The Bertz CT molecular complexity index is 719. The Labute approximate surface area is 120 Å². The number of aromatic nitrogens is 1. The van der Waals surface area contributed by atoms with Crippen LogP contribution < -0.4 is 5.73 Å². The molecule has 0 bridgehead atoms. The molecule has 3 aromatic rings. The second kappa shape index (κ2) is 5.53. The molecule has 0 aliphatic rings. The van der Waals surface area contributed by atoms with Gasteiger partial charge >= 0.3 is 0 Å². The number of hydrogen-bond acceptors (Lipinski definition) is 3. The van der Waals surface area contributed by atoms with Gasteiger partial charge in [0, 0.05) is 23.1 Å². The lowest BCUT2D eigenvalue weighted by atomic mass is 10.1. The van der Waals surface area contributed by atoms with Gasteiger partial charge in [-0.1, -0.05) is 36.4 Å². The molecule has 0 aliphatic carbocycles. The zero-order valence-corrected chi connectivity index (χ0v) is 11.5. The number of rotatable bonds is 3. The molecule has 0 saturated carbocycles. The molecule has 0 radical (unpaired) electrons. The Morgan fingerprint density at radius 3 is 2.55 bits per heavy atom. The van der Waals surface area contributed by atoms with Gasteiger partial charge in [0.15, 0.2) is 0 Å². The van der Waals surface area contributed by atoms with Gasteiger partial charge in [-0.25, -0.2) is 9.37 Å². The molecule has 0 spiro atoms. The minimum absolute atomic E-state index is 0.246. The lowest BCUT2D eigenvalue weighted by Gasteiger charge is -1.99. The molecule has 4 heteroatoms. The second-order valence-electron chi connectivity index (χ2n) is 4.45. The van der Waals surface area contributed by atoms with Crippen LogP contribution in [-0.2, 0) is 6.54 Å². The van der Waals surface area contributed by atoms with Crippen molar-refractivity contribution >= 4 is 11.3 Å². The van der Waals surface area contributed by atoms with Crippen LogP contribution in [0.25, 0.3) is 21.8 Å². The highest BCUT2D eigenvalue weighted by atomic mass is 32.1. The maximum Gasteiger partial charge on any atom is 0.124 e. The summed E-state index contributed by atoms with van der Waals surface area (Å²) in [5, 5.41) is 2.87. The van der Waals surface area contributed by atoms with Gasteiger partial charge in [-0.15, -0.1) is 11.3 Å². The first-order valence-corrected chi connectivity index (χ1v) is 7.15. The molecular formula is C16H13FN2S. The molecule has 0 aliphatic heterocycles. The third-order valence-electron chi connectivity index (χ3n) is 3.06. The van der Waals surface area contributed by atoms with E-state index in [1.807, 2.05) is 35.7 Å². The fourth-order valence-corrected chi connectivity index (χ4v) is 2.81. The van der Waals surface area contributed by atoms with E-state index < -0.39 is 0 Å². The summed E-state index contributed by atoms with van der Waals surface area (Å²) in [6.45, 7) is 0.534. The lowest BCUT2D eigenvalue weighted by molar-refractivity contribution is 0.628. The maximum atomic E-state index is 13.2. The molecule has 0 fully saturated rings. The standard InChI is InChI=1S/C16H13FN2S/c17-14-3-1-2-13(8-14)15-10-20-16(19-15)12-6-4-11(9-18)5-7-12/h1-8,10H,9,18H2. The van der Waals surface area contributed by atoms with Crippen molar-refractivity contribution in [1.82, 2.24) is 4.98 Å². The molecule has 3 rings (SSSR count). The summed E-state index contributed by atoms with van der Waals surface area (Å²) in [5.41, 5.74) is 9.32. The Kier molecular flexibility index (Phi) is 3.58. The molecule has 0 amide bonds. The highest BCUT2D eigenvalue weighted by Crippen LogP contribution is 2.29. The van der Waals surface area contributed by atoms with Crippen molar-refractivity contribution in [3.63, 3.8) is 0 Å². The first kappa shape index (κ1) is 13.0. The van der Waals surface area contributed by atoms with Crippen LogP contribution in [0.15, 0.2) is 53.9 Å². The molecule has 0 unspecified atom stereocenters. The van der Waals surface area contributed by atoms with Crippen molar-refractivity contribution in [3.8, 4) is 21.8 Å². The first-order chi connectivity index (χ1) is 9.76. The monoisotopic (exact) mass is 284 g/mol. The van der Waals surface area contributed by atoms with Crippen LogP contribution >= 0.6 is 11.3 Å². The van der Waals surface area contributed by atoms with Gasteiger partial charge < -0.3 is 5.73 Å². The third-order valence-corrected chi connectivity index (χ3v) is 3.95. The topological polar surface area (TPSA) is 38.9 Å². The number of nitrogens with two attached hydrogens (primary N) is 1. The minimum Gasteiger partial charge on any atom is -0.326 e. The number of thiazole rings is 1. The van der Waals surface area contributed by atoms with Crippen LogP contribution in [0.4, 0.5) is 4.39 Å². The average Bonchev–Trinajstić information content (AvgIpc) is 2.97. The van der Waals surface area contributed by atoms with Gasteiger partial charge in [-0.05, 0) is 17.7 Å². The van der Waals surface area contributed by atoms with E-state index in [0.29, 0.717) is 6.54 Å². The smallest absolute Gasteiger partial charge is 0.124 e. The molecule has 2 nitrogen and oxygen atoms in total. The van der Waals surface area contributed by atoms with Crippen molar-refractivity contribution in [3.05, 3.63) is 65.3 Å². The van der Waals surface area contributed by atoms with Crippen molar-refractivity contribution in [2.45, 2.75) is 6.54 Å². The van der Waals surface area contributed by atoms with Gasteiger partial charge in [-0.3, -0.25) is 0 Å². The lowest BCUT2D eigenvalue weighted by Crippen LogP contribution is -1.95. The van der Waals surface area contributed by atoms with E-state index in [1.54, 1.807) is 17.4 Å². The van der Waals surface area contributed by atoms with Gasteiger partial charge in [0.05, 0.1) is 5.69 Å². The van der Waals surface area contributed by atoms with Crippen LogP contribution in [-0.4, -0.2) is 4.98 Å². The molecule has 0 saturated heterocycles. The number of benzene rings is 2.